The van der Waals surface area contributed by atoms with Crippen LogP contribution in [0.15, 0.2) is 91.1 Å². The summed E-state index contributed by atoms with van der Waals surface area (Å²) < 4.78 is 0. The molecule has 1 saturated heterocycles. The smallest absolute Gasteiger partial charge is 0.253 e. The van der Waals surface area contributed by atoms with Gasteiger partial charge in [0.05, 0.1) is 11.6 Å². The molecule has 1 aromatic heterocycles. The second-order valence-corrected chi connectivity index (χ2v) is 8.61. The van der Waals surface area contributed by atoms with Gasteiger partial charge in [0.2, 0.25) is 0 Å². The van der Waals surface area contributed by atoms with E-state index in [4.69, 9.17) is 0 Å². The summed E-state index contributed by atoms with van der Waals surface area (Å²) in [5.41, 5.74) is 4.38. The van der Waals surface area contributed by atoms with Gasteiger partial charge in [0.25, 0.3) is 5.91 Å². The van der Waals surface area contributed by atoms with Crippen molar-refractivity contribution in [3.8, 4) is 0 Å². The quantitative estimate of drug-likeness (QED) is 0.452. The first-order chi connectivity index (χ1) is 16.3. The summed E-state index contributed by atoms with van der Waals surface area (Å²) >= 11 is 0. The highest BCUT2D eigenvalue weighted by Gasteiger charge is 2.26. The Balaban J connectivity index is 1.16. The van der Waals surface area contributed by atoms with E-state index in [1.807, 2.05) is 24.3 Å². The minimum Gasteiger partial charge on any atom is -0.360 e. The lowest BCUT2D eigenvalue weighted by Crippen LogP contribution is -2.49. The predicted molar refractivity (Wildman–Crippen MR) is 133 cm³/mol. The zero-order valence-electron chi connectivity index (χ0n) is 18.8. The lowest BCUT2D eigenvalue weighted by molar-refractivity contribution is 0.0922. The van der Waals surface area contributed by atoms with Crippen molar-refractivity contribution in [2.24, 2.45) is 0 Å². The number of piperazine rings is 1. The largest absolute Gasteiger partial charge is 0.360 e. The average Bonchev–Trinajstić information content (AvgIpc) is 3.31. The number of amides is 1. The molecule has 1 fully saturated rings. The summed E-state index contributed by atoms with van der Waals surface area (Å²) in [7, 11) is 0. The van der Waals surface area contributed by atoms with E-state index >= 15 is 0 Å². The first kappa shape index (κ1) is 21.4. The van der Waals surface area contributed by atoms with Gasteiger partial charge in [-0.2, -0.15) is 0 Å². The number of aromatic amines is 1. The minimum atomic E-state index is -0.0145. The number of fused-ring (bicyclic) bond motifs is 1. The number of nitrogens with zero attached hydrogens (tertiary/aromatic N) is 2. The maximum atomic E-state index is 12.7. The summed E-state index contributed by atoms with van der Waals surface area (Å²) in [5.74, 6) is -0.0145. The van der Waals surface area contributed by atoms with Crippen LogP contribution >= 0.6 is 0 Å². The van der Waals surface area contributed by atoms with Crippen LogP contribution in [0.25, 0.3) is 10.9 Å². The first-order valence-electron chi connectivity index (χ1n) is 11.7. The molecule has 0 aliphatic carbocycles. The molecule has 0 spiro atoms. The Bertz CT molecular complexity index is 1140. The van der Waals surface area contributed by atoms with Gasteiger partial charge in [-0.3, -0.25) is 14.6 Å². The summed E-state index contributed by atoms with van der Waals surface area (Å²) in [4.78, 5) is 20.9. The van der Waals surface area contributed by atoms with Crippen LogP contribution in [0.5, 0.6) is 0 Å². The normalized spacial score (nSPS) is 15.2. The van der Waals surface area contributed by atoms with Gasteiger partial charge < -0.3 is 10.3 Å². The van der Waals surface area contributed by atoms with Gasteiger partial charge in [0, 0.05) is 56.4 Å². The van der Waals surface area contributed by atoms with Gasteiger partial charge >= 0.3 is 0 Å². The highest BCUT2D eigenvalue weighted by atomic mass is 16.1. The Kier molecular flexibility index (Phi) is 6.51. The van der Waals surface area contributed by atoms with E-state index in [1.54, 1.807) is 6.20 Å². The van der Waals surface area contributed by atoms with E-state index < -0.39 is 0 Å². The number of rotatable bonds is 7. The number of benzene rings is 3. The molecule has 0 unspecified atom stereocenters. The van der Waals surface area contributed by atoms with Crippen LogP contribution in [0.1, 0.15) is 27.5 Å². The molecule has 1 amide bonds. The molecule has 5 nitrogen and oxygen atoms in total. The number of carbonyl (C=O) groups excluding carboxylic acids is 1. The maximum absolute atomic E-state index is 12.7. The van der Waals surface area contributed by atoms with Gasteiger partial charge in [-0.05, 0) is 17.2 Å². The Labute approximate surface area is 195 Å². The van der Waals surface area contributed by atoms with Crippen molar-refractivity contribution in [1.29, 1.82) is 0 Å². The topological polar surface area (TPSA) is 51.4 Å². The molecule has 0 saturated carbocycles. The minimum absolute atomic E-state index is 0.0145. The molecule has 33 heavy (non-hydrogen) atoms. The van der Waals surface area contributed by atoms with Crippen molar-refractivity contribution in [1.82, 2.24) is 20.1 Å². The van der Waals surface area contributed by atoms with Crippen LogP contribution in [0.4, 0.5) is 0 Å². The summed E-state index contributed by atoms with van der Waals surface area (Å²) in [5, 5.41) is 4.06. The fourth-order valence-corrected chi connectivity index (χ4v) is 4.81. The van der Waals surface area contributed by atoms with Crippen LogP contribution < -0.4 is 5.32 Å². The van der Waals surface area contributed by atoms with Crippen LogP contribution in [0, 0.1) is 0 Å². The molecule has 1 aliphatic rings. The van der Waals surface area contributed by atoms with Crippen LogP contribution in [-0.2, 0) is 0 Å². The first-order valence-corrected chi connectivity index (χ1v) is 11.7. The van der Waals surface area contributed by atoms with Gasteiger partial charge in [-0.25, -0.2) is 0 Å². The predicted octanol–water partition coefficient (Wildman–Crippen LogP) is 4.30. The molecule has 2 N–H and O–H groups in total. The zero-order chi connectivity index (χ0) is 22.5. The second-order valence-electron chi connectivity index (χ2n) is 8.61. The molecule has 2 heterocycles. The third kappa shape index (κ3) is 4.85. The molecule has 5 heteroatoms. The molecule has 1 aliphatic heterocycles. The summed E-state index contributed by atoms with van der Waals surface area (Å²) in [6.45, 7) is 5.52. The van der Waals surface area contributed by atoms with Crippen molar-refractivity contribution in [2.75, 3.05) is 39.3 Å². The van der Waals surface area contributed by atoms with Gasteiger partial charge in [-0.1, -0.05) is 78.9 Å². The van der Waals surface area contributed by atoms with Crippen LogP contribution in [0.2, 0.25) is 0 Å². The van der Waals surface area contributed by atoms with E-state index in [1.165, 1.54) is 11.1 Å². The molecular weight excluding hydrogens is 408 g/mol. The number of hydrogen-bond acceptors (Lipinski definition) is 3. The Morgan fingerprint density at radius 1 is 0.818 bits per heavy atom. The highest BCUT2D eigenvalue weighted by Crippen LogP contribution is 2.29. The van der Waals surface area contributed by atoms with Gasteiger partial charge in [0.15, 0.2) is 0 Å². The second kappa shape index (κ2) is 10.0. The van der Waals surface area contributed by atoms with Gasteiger partial charge in [-0.15, -0.1) is 0 Å². The molecule has 0 bridgehead atoms. The van der Waals surface area contributed by atoms with Crippen molar-refractivity contribution in [2.45, 2.75) is 6.04 Å². The third-order valence-electron chi connectivity index (χ3n) is 6.55. The number of para-hydroxylation sites is 1. The third-order valence-corrected chi connectivity index (χ3v) is 6.55. The molecule has 0 radical (unpaired) electrons. The summed E-state index contributed by atoms with van der Waals surface area (Å²) in [6, 6.07) is 29.7. The maximum Gasteiger partial charge on any atom is 0.253 e. The van der Waals surface area contributed by atoms with E-state index in [0.29, 0.717) is 12.1 Å². The van der Waals surface area contributed by atoms with E-state index in [-0.39, 0.29) is 11.9 Å². The fraction of sp³-hybridized carbons (Fsp3) is 0.250. The van der Waals surface area contributed by atoms with Crippen molar-refractivity contribution < 1.29 is 4.79 Å². The SMILES string of the molecule is O=C(NCCN1CCN(C(c2ccccc2)c2ccccc2)CC1)c1c[nH]c2ccccc12. The number of aromatic nitrogens is 1. The van der Waals surface area contributed by atoms with Gasteiger partial charge in [0.1, 0.15) is 0 Å². The van der Waals surface area contributed by atoms with Crippen molar-refractivity contribution >= 4 is 16.8 Å². The highest BCUT2D eigenvalue weighted by molar-refractivity contribution is 6.06. The number of hydrogen-bond donors (Lipinski definition) is 2. The van der Waals surface area contributed by atoms with E-state index in [0.717, 1.165) is 43.6 Å². The van der Waals surface area contributed by atoms with E-state index in [2.05, 4.69) is 80.8 Å². The number of nitrogens with one attached hydrogen (secondary N) is 2. The molecule has 3 aromatic carbocycles. The lowest BCUT2D eigenvalue weighted by atomic mass is 9.96. The van der Waals surface area contributed by atoms with E-state index in [9.17, 15) is 4.79 Å². The number of H-pyrrole nitrogens is 1. The Morgan fingerprint density at radius 3 is 2.09 bits per heavy atom. The molecular formula is C28H30N4O. The lowest BCUT2D eigenvalue weighted by Gasteiger charge is -2.39. The van der Waals surface area contributed by atoms with Crippen LogP contribution in [0.3, 0.4) is 0 Å². The van der Waals surface area contributed by atoms with Crippen molar-refractivity contribution in [3.05, 3.63) is 108 Å². The average molecular weight is 439 g/mol. The monoisotopic (exact) mass is 438 g/mol. The van der Waals surface area contributed by atoms with Crippen LogP contribution in [-0.4, -0.2) is 60.0 Å². The molecule has 4 aromatic rings. The molecule has 0 atom stereocenters. The Hall–Kier alpha value is -3.41. The molecule has 168 valence electrons. The molecule has 5 rings (SSSR count). The fourth-order valence-electron chi connectivity index (χ4n) is 4.81. The van der Waals surface area contributed by atoms with Crippen molar-refractivity contribution in [3.63, 3.8) is 0 Å². The standard InChI is InChI=1S/C28H30N4O/c33-28(25-21-30-26-14-8-7-13-24(25)26)29-15-16-31-17-19-32(20-18-31)27(22-9-3-1-4-10-22)23-11-5-2-6-12-23/h1-14,21,27,30H,15-20H2,(H,29,33). The Morgan fingerprint density at radius 2 is 1.42 bits per heavy atom. The summed E-state index contributed by atoms with van der Waals surface area (Å²) in [6.07, 6.45) is 1.80. The zero-order valence-corrected chi connectivity index (χ0v) is 18.8. The number of carbonyl (C=O) groups is 1.